The van der Waals surface area contributed by atoms with Crippen LogP contribution in [-0.4, -0.2) is 7.69 Å². The molecule has 0 aliphatic carbocycles. The zero-order valence-electron chi connectivity index (χ0n) is 11.9. The Labute approximate surface area is 115 Å². The first-order chi connectivity index (χ1) is 9.09. The molecule has 0 atom stereocenters. The van der Waals surface area contributed by atoms with Crippen LogP contribution in [0.3, 0.4) is 0 Å². The Morgan fingerprint density at radius 2 is 1.11 bits per heavy atom. The third-order valence-corrected chi connectivity index (χ3v) is 3.46. The quantitative estimate of drug-likeness (QED) is 0.769. The third-order valence-electron chi connectivity index (χ3n) is 3.46. The molecule has 0 N–H and O–H groups in total. The van der Waals surface area contributed by atoms with Crippen molar-refractivity contribution in [1.29, 1.82) is 0 Å². The lowest BCUT2D eigenvalue weighted by molar-refractivity contribution is 0.454. The minimum Gasteiger partial charge on any atom is -0.526 e. The predicted molar refractivity (Wildman–Crippen MR) is 78.8 cm³/mol. The maximum atomic E-state index is 5.57. The van der Waals surface area contributed by atoms with Gasteiger partial charge in [0, 0.05) is 0 Å². The second-order valence-corrected chi connectivity index (χ2v) is 4.73. The van der Waals surface area contributed by atoms with Crippen LogP contribution in [0.15, 0.2) is 36.4 Å². The molecule has 2 nitrogen and oxygen atoms in total. The van der Waals surface area contributed by atoms with Gasteiger partial charge in [-0.1, -0.05) is 24.3 Å². The van der Waals surface area contributed by atoms with Gasteiger partial charge >= 0.3 is 7.69 Å². The van der Waals surface area contributed by atoms with Crippen molar-refractivity contribution >= 4 is 7.69 Å². The molecule has 0 saturated carbocycles. The zero-order chi connectivity index (χ0) is 13.8. The molecule has 0 aromatic heterocycles. The van der Waals surface area contributed by atoms with Crippen molar-refractivity contribution in [1.82, 2.24) is 0 Å². The predicted octanol–water partition coefficient (Wildman–Crippen LogP) is 3.91. The van der Waals surface area contributed by atoms with Gasteiger partial charge in [0.1, 0.15) is 11.5 Å². The number of rotatable bonds is 4. The van der Waals surface area contributed by atoms with E-state index in [1.807, 2.05) is 38.1 Å². The van der Waals surface area contributed by atoms with E-state index in [0.717, 1.165) is 22.6 Å². The molecule has 0 spiro atoms. The lowest BCUT2D eigenvalue weighted by atomic mass is 10.1. The molecule has 19 heavy (non-hydrogen) atoms. The van der Waals surface area contributed by atoms with E-state index in [1.165, 1.54) is 18.8 Å². The van der Waals surface area contributed by atoms with Crippen LogP contribution in [0.4, 0.5) is 0 Å². The number of benzene rings is 2. The standard InChI is InChI=1S/C16H18BO2/c1-11-7-5-9-15(13(11)3)18-17-19-16-10-6-8-12(2)14(16)4/h5-10H,1-4H3. The molecule has 0 unspecified atom stereocenters. The fourth-order valence-corrected chi connectivity index (χ4v) is 1.83. The van der Waals surface area contributed by atoms with Gasteiger partial charge in [-0.25, -0.2) is 0 Å². The molecule has 2 aromatic carbocycles. The van der Waals surface area contributed by atoms with E-state index in [4.69, 9.17) is 9.31 Å². The maximum Gasteiger partial charge on any atom is 0.658 e. The van der Waals surface area contributed by atoms with Gasteiger partial charge in [-0.05, 0) is 62.1 Å². The van der Waals surface area contributed by atoms with Crippen LogP contribution in [-0.2, 0) is 0 Å². The van der Waals surface area contributed by atoms with E-state index in [9.17, 15) is 0 Å². The van der Waals surface area contributed by atoms with Crippen molar-refractivity contribution in [3.8, 4) is 11.5 Å². The first-order valence-electron chi connectivity index (χ1n) is 6.37. The Balaban J connectivity index is 2.00. The van der Waals surface area contributed by atoms with Gasteiger partial charge < -0.3 is 9.31 Å². The van der Waals surface area contributed by atoms with E-state index in [2.05, 4.69) is 26.0 Å². The number of aryl methyl sites for hydroxylation is 2. The Morgan fingerprint density at radius 1 is 0.684 bits per heavy atom. The SMILES string of the molecule is Cc1cccc(O[B]Oc2cccc(C)c2C)c1C. The molecular formula is C16H18BO2. The fourth-order valence-electron chi connectivity index (χ4n) is 1.83. The second-order valence-electron chi connectivity index (χ2n) is 4.73. The molecule has 2 rings (SSSR count). The number of hydrogen-bond donors (Lipinski definition) is 0. The Hall–Kier alpha value is -1.90. The molecule has 0 fully saturated rings. The summed E-state index contributed by atoms with van der Waals surface area (Å²) in [4.78, 5) is 0. The third kappa shape index (κ3) is 3.11. The fraction of sp³-hybridized carbons (Fsp3) is 0.250. The normalized spacial score (nSPS) is 10.1. The van der Waals surface area contributed by atoms with E-state index in [-0.39, 0.29) is 0 Å². The van der Waals surface area contributed by atoms with Gasteiger partial charge in [0.15, 0.2) is 0 Å². The second kappa shape index (κ2) is 5.83. The molecule has 0 amide bonds. The van der Waals surface area contributed by atoms with Crippen molar-refractivity contribution < 1.29 is 9.31 Å². The van der Waals surface area contributed by atoms with Crippen LogP contribution in [0, 0.1) is 27.7 Å². The number of hydrogen-bond acceptors (Lipinski definition) is 2. The minimum absolute atomic E-state index is 0.824. The van der Waals surface area contributed by atoms with Crippen LogP contribution in [0.5, 0.6) is 11.5 Å². The largest absolute Gasteiger partial charge is 0.658 e. The molecule has 0 saturated heterocycles. The van der Waals surface area contributed by atoms with Gasteiger partial charge in [-0.2, -0.15) is 0 Å². The van der Waals surface area contributed by atoms with Gasteiger partial charge in [-0.15, -0.1) is 0 Å². The highest BCUT2D eigenvalue weighted by Gasteiger charge is 2.07. The summed E-state index contributed by atoms with van der Waals surface area (Å²) < 4.78 is 11.1. The summed E-state index contributed by atoms with van der Waals surface area (Å²) >= 11 is 0. The van der Waals surface area contributed by atoms with Crippen molar-refractivity contribution in [2.75, 3.05) is 0 Å². The molecular weight excluding hydrogens is 235 g/mol. The summed E-state index contributed by atoms with van der Waals surface area (Å²) in [5.74, 6) is 1.65. The molecule has 2 aromatic rings. The van der Waals surface area contributed by atoms with Gasteiger partial charge in [0.05, 0.1) is 0 Å². The molecule has 0 heterocycles. The highest BCUT2D eigenvalue weighted by atomic mass is 16.6. The zero-order valence-corrected chi connectivity index (χ0v) is 11.9. The average molecular weight is 253 g/mol. The van der Waals surface area contributed by atoms with E-state index in [1.54, 1.807) is 0 Å². The van der Waals surface area contributed by atoms with Crippen LogP contribution in [0.2, 0.25) is 0 Å². The molecule has 97 valence electrons. The highest BCUT2D eigenvalue weighted by molar-refractivity contribution is 6.20. The average Bonchev–Trinajstić information content (AvgIpc) is 2.39. The van der Waals surface area contributed by atoms with E-state index < -0.39 is 0 Å². The Kier molecular flexibility index (Phi) is 4.15. The summed E-state index contributed by atoms with van der Waals surface area (Å²) in [6.07, 6.45) is 0. The summed E-state index contributed by atoms with van der Waals surface area (Å²) in [7, 11) is 1.39. The minimum atomic E-state index is 0.824. The first-order valence-corrected chi connectivity index (χ1v) is 6.37. The summed E-state index contributed by atoms with van der Waals surface area (Å²) in [6, 6.07) is 11.9. The summed E-state index contributed by atoms with van der Waals surface area (Å²) in [5, 5.41) is 0. The van der Waals surface area contributed by atoms with Crippen molar-refractivity contribution in [2.45, 2.75) is 27.7 Å². The maximum absolute atomic E-state index is 5.57. The van der Waals surface area contributed by atoms with Gasteiger partial charge in [0.2, 0.25) is 0 Å². The van der Waals surface area contributed by atoms with Crippen LogP contribution < -0.4 is 9.31 Å². The first kappa shape index (κ1) is 13.5. The van der Waals surface area contributed by atoms with Crippen molar-refractivity contribution in [3.63, 3.8) is 0 Å². The van der Waals surface area contributed by atoms with Crippen LogP contribution in [0.25, 0.3) is 0 Å². The van der Waals surface area contributed by atoms with E-state index >= 15 is 0 Å². The summed E-state index contributed by atoms with van der Waals surface area (Å²) in [5.41, 5.74) is 4.67. The molecule has 0 aliphatic rings. The topological polar surface area (TPSA) is 18.5 Å². The Morgan fingerprint density at radius 3 is 1.53 bits per heavy atom. The van der Waals surface area contributed by atoms with E-state index in [0.29, 0.717) is 0 Å². The molecule has 3 heteroatoms. The lowest BCUT2D eigenvalue weighted by Crippen LogP contribution is -2.12. The van der Waals surface area contributed by atoms with Crippen molar-refractivity contribution in [3.05, 3.63) is 58.7 Å². The lowest BCUT2D eigenvalue weighted by Gasteiger charge is -2.12. The monoisotopic (exact) mass is 253 g/mol. The Bertz CT molecular complexity index is 527. The highest BCUT2D eigenvalue weighted by Crippen LogP contribution is 2.22. The van der Waals surface area contributed by atoms with Gasteiger partial charge in [-0.3, -0.25) is 0 Å². The summed E-state index contributed by atoms with van der Waals surface area (Å²) in [6.45, 7) is 8.20. The molecule has 1 radical (unpaired) electrons. The molecule has 0 bridgehead atoms. The van der Waals surface area contributed by atoms with Crippen molar-refractivity contribution in [2.24, 2.45) is 0 Å². The van der Waals surface area contributed by atoms with Crippen LogP contribution >= 0.6 is 0 Å². The molecule has 0 aliphatic heterocycles. The van der Waals surface area contributed by atoms with Crippen LogP contribution in [0.1, 0.15) is 22.3 Å². The van der Waals surface area contributed by atoms with Gasteiger partial charge in [0.25, 0.3) is 0 Å². The smallest absolute Gasteiger partial charge is 0.526 e.